The molecule has 0 aromatic heterocycles. The first kappa shape index (κ1) is 14.2. The van der Waals surface area contributed by atoms with Crippen LogP contribution in [0.4, 0.5) is 0 Å². The summed E-state index contributed by atoms with van der Waals surface area (Å²) < 4.78 is 0. The highest BCUT2D eigenvalue weighted by molar-refractivity contribution is 9.09. The summed E-state index contributed by atoms with van der Waals surface area (Å²) >= 11 is 7.18. The molecule has 0 fully saturated rings. The largest absolute Gasteiger partial charge is 0.0919 e. The van der Waals surface area contributed by atoms with Gasteiger partial charge in [-0.05, 0) is 22.0 Å². The van der Waals surface area contributed by atoms with Gasteiger partial charge in [0, 0.05) is 10.7 Å². The summed E-state index contributed by atoms with van der Waals surface area (Å²) in [5.41, 5.74) is 3.18. The van der Waals surface area contributed by atoms with Gasteiger partial charge in [-0.2, -0.15) is 0 Å². The standard InChI is InChI=1S/C14H20Br2/c1-13(2,9-15)11-6-5-7-12(8-11)14(3,4)10-16/h5-8H,9-10H2,1-4H3. The van der Waals surface area contributed by atoms with Crippen LogP contribution in [-0.4, -0.2) is 10.7 Å². The molecule has 90 valence electrons. The molecule has 0 aliphatic rings. The van der Waals surface area contributed by atoms with Gasteiger partial charge in [-0.25, -0.2) is 0 Å². The van der Waals surface area contributed by atoms with Crippen molar-refractivity contribution in [2.24, 2.45) is 0 Å². The van der Waals surface area contributed by atoms with E-state index in [1.807, 2.05) is 0 Å². The molecule has 16 heavy (non-hydrogen) atoms. The number of halogens is 2. The minimum Gasteiger partial charge on any atom is -0.0919 e. The van der Waals surface area contributed by atoms with Crippen LogP contribution in [0, 0.1) is 0 Å². The lowest BCUT2D eigenvalue weighted by Gasteiger charge is -2.27. The molecule has 0 spiro atoms. The zero-order chi connectivity index (χ0) is 12.4. The summed E-state index contributed by atoms with van der Waals surface area (Å²) in [5, 5.41) is 1.97. The molecule has 1 aromatic carbocycles. The minimum absolute atomic E-state index is 0.193. The number of hydrogen-bond donors (Lipinski definition) is 0. The van der Waals surface area contributed by atoms with Crippen molar-refractivity contribution in [2.75, 3.05) is 10.7 Å². The van der Waals surface area contributed by atoms with Crippen LogP contribution in [0.5, 0.6) is 0 Å². The Morgan fingerprint density at radius 3 is 1.56 bits per heavy atom. The molecule has 0 amide bonds. The number of alkyl halides is 2. The first-order chi connectivity index (χ1) is 7.33. The van der Waals surface area contributed by atoms with Crippen LogP contribution in [0.3, 0.4) is 0 Å². The zero-order valence-corrected chi connectivity index (χ0v) is 13.7. The van der Waals surface area contributed by atoms with Crippen molar-refractivity contribution in [1.82, 2.24) is 0 Å². The topological polar surface area (TPSA) is 0 Å². The molecule has 1 rings (SSSR count). The molecule has 0 heterocycles. The third kappa shape index (κ3) is 3.10. The Balaban J connectivity index is 3.14. The fourth-order valence-electron chi connectivity index (χ4n) is 1.52. The van der Waals surface area contributed by atoms with Crippen molar-refractivity contribution in [3.8, 4) is 0 Å². The summed E-state index contributed by atoms with van der Waals surface area (Å²) in [4.78, 5) is 0. The lowest BCUT2D eigenvalue weighted by Crippen LogP contribution is -2.22. The Hall–Kier alpha value is 0.180. The van der Waals surface area contributed by atoms with Crippen LogP contribution in [-0.2, 0) is 10.8 Å². The second-order valence-electron chi connectivity index (χ2n) is 5.62. The van der Waals surface area contributed by atoms with Gasteiger partial charge < -0.3 is 0 Å². The first-order valence-electron chi connectivity index (χ1n) is 5.56. The van der Waals surface area contributed by atoms with Gasteiger partial charge in [0.05, 0.1) is 0 Å². The average molecular weight is 348 g/mol. The second-order valence-corrected chi connectivity index (χ2v) is 6.74. The van der Waals surface area contributed by atoms with E-state index in [0.29, 0.717) is 0 Å². The maximum Gasteiger partial charge on any atom is 0.0123 e. The molecular formula is C14H20Br2. The SMILES string of the molecule is CC(C)(CBr)c1cccc(C(C)(C)CBr)c1. The van der Waals surface area contributed by atoms with Crippen LogP contribution in [0.1, 0.15) is 38.8 Å². The quantitative estimate of drug-likeness (QED) is 0.670. The molecule has 0 radical (unpaired) electrons. The van der Waals surface area contributed by atoms with E-state index in [4.69, 9.17) is 0 Å². The average Bonchev–Trinajstić information content (AvgIpc) is 2.29. The number of benzene rings is 1. The lowest BCUT2D eigenvalue weighted by molar-refractivity contribution is 0.584. The van der Waals surface area contributed by atoms with Gasteiger partial charge in [0.15, 0.2) is 0 Å². The van der Waals surface area contributed by atoms with E-state index in [1.54, 1.807) is 0 Å². The third-order valence-electron chi connectivity index (χ3n) is 3.09. The summed E-state index contributed by atoms with van der Waals surface area (Å²) in [6.45, 7) is 9.06. The maximum absolute atomic E-state index is 3.59. The van der Waals surface area contributed by atoms with Crippen molar-refractivity contribution in [3.63, 3.8) is 0 Å². The van der Waals surface area contributed by atoms with Gasteiger partial charge in [0.25, 0.3) is 0 Å². The molecule has 0 nitrogen and oxygen atoms in total. The minimum atomic E-state index is 0.193. The molecule has 0 saturated heterocycles. The van der Waals surface area contributed by atoms with E-state index >= 15 is 0 Å². The van der Waals surface area contributed by atoms with Crippen LogP contribution in [0.25, 0.3) is 0 Å². The lowest BCUT2D eigenvalue weighted by atomic mass is 9.81. The fourth-order valence-corrected chi connectivity index (χ4v) is 2.16. The summed E-state index contributed by atoms with van der Waals surface area (Å²) in [6, 6.07) is 8.94. The molecule has 0 saturated carbocycles. The smallest absolute Gasteiger partial charge is 0.0123 e. The molecule has 0 aliphatic carbocycles. The number of rotatable bonds is 4. The highest BCUT2D eigenvalue weighted by atomic mass is 79.9. The van der Waals surface area contributed by atoms with E-state index in [1.165, 1.54) is 11.1 Å². The van der Waals surface area contributed by atoms with Crippen molar-refractivity contribution < 1.29 is 0 Å². The summed E-state index contributed by atoms with van der Waals surface area (Å²) in [6.07, 6.45) is 0. The van der Waals surface area contributed by atoms with Crippen LogP contribution < -0.4 is 0 Å². The van der Waals surface area contributed by atoms with Crippen molar-refractivity contribution >= 4 is 31.9 Å². The van der Waals surface area contributed by atoms with E-state index in [0.717, 1.165) is 10.7 Å². The molecule has 0 bridgehead atoms. The number of hydrogen-bond acceptors (Lipinski definition) is 0. The third-order valence-corrected chi connectivity index (χ3v) is 5.90. The van der Waals surface area contributed by atoms with E-state index < -0.39 is 0 Å². The molecule has 0 aliphatic heterocycles. The predicted octanol–water partition coefficient (Wildman–Crippen LogP) is 5.03. The van der Waals surface area contributed by atoms with Crippen molar-refractivity contribution in [3.05, 3.63) is 35.4 Å². The molecule has 2 heteroatoms. The Labute approximate surface area is 116 Å². The van der Waals surface area contributed by atoms with E-state index in [9.17, 15) is 0 Å². The Kier molecular flexibility index (Phi) is 4.65. The normalized spacial score (nSPS) is 12.9. The second kappa shape index (κ2) is 5.22. The van der Waals surface area contributed by atoms with Gasteiger partial charge in [-0.3, -0.25) is 0 Å². The van der Waals surface area contributed by atoms with Crippen LogP contribution >= 0.6 is 31.9 Å². The van der Waals surface area contributed by atoms with Crippen LogP contribution in [0.15, 0.2) is 24.3 Å². The van der Waals surface area contributed by atoms with Gasteiger partial charge >= 0.3 is 0 Å². The highest BCUT2D eigenvalue weighted by Gasteiger charge is 2.23. The Morgan fingerprint density at radius 2 is 1.25 bits per heavy atom. The highest BCUT2D eigenvalue weighted by Crippen LogP contribution is 2.31. The van der Waals surface area contributed by atoms with Crippen molar-refractivity contribution in [1.29, 1.82) is 0 Å². The van der Waals surface area contributed by atoms with Gasteiger partial charge in [0.1, 0.15) is 0 Å². The van der Waals surface area contributed by atoms with Gasteiger partial charge in [-0.15, -0.1) is 0 Å². The molecule has 0 atom stereocenters. The zero-order valence-electron chi connectivity index (χ0n) is 10.5. The Bertz CT molecular complexity index is 322. The summed E-state index contributed by atoms with van der Waals surface area (Å²) in [7, 11) is 0. The Morgan fingerprint density at radius 1 is 0.875 bits per heavy atom. The molecule has 0 unspecified atom stereocenters. The van der Waals surface area contributed by atoms with Crippen LogP contribution in [0.2, 0.25) is 0 Å². The van der Waals surface area contributed by atoms with Gasteiger partial charge in [0.2, 0.25) is 0 Å². The molecular weight excluding hydrogens is 328 g/mol. The van der Waals surface area contributed by atoms with Crippen molar-refractivity contribution in [2.45, 2.75) is 38.5 Å². The molecule has 1 aromatic rings. The predicted molar refractivity (Wildman–Crippen MR) is 80.1 cm³/mol. The summed E-state index contributed by atoms with van der Waals surface area (Å²) in [5.74, 6) is 0. The molecule has 0 N–H and O–H groups in total. The van der Waals surface area contributed by atoms with E-state index in [2.05, 4.69) is 83.8 Å². The van der Waals surface area contributed by atoms with E-state index in [-0.39, 0.29) is 10.8 Å². The first-order valence-corrected chi connectivity index (χ1v) is 7.81. The van der Waals surface area contributed by atoms with Gasteiger partial charge in [-0.1, -0.05) is 83.8 Å². The fraction of sp³-hybridized carbons (Fsp3) is 0.571. The maximum atomic E-state index is 3.59. The monoisotopic (exact) mass is 346 g/mol.